The van der Waals surface area contributed by atoms with E-state index in [2.05, 4.69) is 10.3 Å². The summed E-state index contributed by atoms with van der Waals surface area (Å²) in [5.41, 5.74) is 1.37. The molecule has 0 fully saturated rings. The van der Waals surface area contributed by atoms with Gasteiger partial charge in [0.1, 0.15) is 15.2 Å². The molecule has 1 aromatic carbocycles. The molecular weight excluding hydrogens is 420 g/mol. The molecule has 1 atom stereocenters. The van der Waals surface area contributed by atoms with Crippen LogP contribution in [0.15, 0.2) is 76.6 Å². The van der Waals surface area contributed by atoms with Gasteiger partial charge >= 0.3 is 0 Å². The normalized spacial score (nSPS) is 12.6. The van der Waals surface area contributed by atoms with Crippen LogP contribution in [-0.4, -0.2) is 32.5 Å². The summed E-state index contributed by atoms with van der Waals surface area (Å²) >= 11 is 1.15. The average molecular weight is 443 g/mol. The summed E-state index contributed by atoms with van der Waals surface area (Å²) in [5.74, 6) is 0.386. The standard InChI is InChI=1S/C22H22N2O4S2/c1-2-28-19-10-7-17(8-11-19)9-12-21(25)24-16-20(18-5-3-13-23-15-18)30(26,27)22-6-4-14-29-22/h3-15,20H,2,16H2,1H3,(H,24,25)/b12-9+. The molecule has 0 aliphatic heterocycles. The number of pyridine rings is 1. The van der Waals surface area contributed by atoms with Crippen LogP contribution in [-0.2, 0) is 14.6 Å². The monoisotopic (exact) mass is 442 g/mol. The summed E-state index contributed by atoms with van der Waals surface area (Å²) in [7, 11) is -3.66. The van der Waals surface area contributed by atoms with Gasteiger partial charge in [-0.2, -0.15) is 0 Å². The molecule has 3 aromatic rings. The van der Waals surface area contributed by atoms with Crippen molar-refractivity contribution >= 4 is 33.2 Å². The fourth-order valence-corrected chi connectivity index (χ4v) is 5.65. The van der Waals surface area contributed by atoms with Gasteiger partial charge in [-0.1, -0.05) is 24.3 Å². The highest BCUT2D eigenvalue weighted by molar-refractivity contribution is 7.93. The van der Waals surface area contributed by atoms with Crippen molar-refractivity contribution in [3.05, 3.63) is 83.5 Å². The Balaban J connectivity index is 1.70. The van der Waals surface area contributed by atoms with E-state index in [0.29, 0.717) is 12.2 Å². The lowest BCUT2D eigenvalue weighted by atomic mass is 10.2. The highest BCUT2D eigenvalue weighted by Crippen LogP contribution is 2.30. The maximum Gasteiger partial charge on any atom is 0.244 e. The zero-order valence-corrected chi connectivity index (χ0v) is 18.0. The molecule has 2 heterocycles. The molecule has 2 aromatic heterocycles. The number of hydrogen-bond donors (Lipinski definition) is 1. The molecular formula is C22H22N2O4S2. The zero-order valence-electron chi connectivity index (χ0n) is 16.4. The van der Waals surface area contributed by atoms with E-state index in [1.54, 1.807) is 41.9 Å². The van der Waals surface area contributed by atoms with Crippen LogP contribution in [0.25, 0.3) is 6.08 Å². The molecule has 6 nitrogen and oxygen atoms in total. The Morgan fingerprint density at radius 2 is 2.00 bits per heavy atom. The lowest BCUT2D eigenvalue weighted by Gasteiger charge is -2.17. The molecule has 1 amide bonds. The Labute approximate surface area is 180 Å². The minimum Gasteiger partial charge on any atom is -0.494 e. The van der Waals surface area contributed by atoms with Crippen LogP contribution in [0.4, 0.5) is 0 Å². The number of benzene rings is 1. The van der Waals surface area contributed by atoms with Crippen molar-refractivity contribution in [3.8, 4) is 5.75 Å². The van der Waals surface area contributed by atoms with Crippen molar-refractivity contribution in [1.29, 1.82) is 0 Å². The Hall–Kier alpha value is -2.97. The van der Waals surface area contributed by atoms with E-state index >= 15 is 0 Å². The third-order valence-corrected chi connectivity index (χ3v) is 7.82. The predicted molar refractivity (Wildman–Crippen MR) is 118 cm³/mol. The first-order valence-corrected chi connectivity index (χ1v) is 11.8. The number of nitrogens with zero attached hydrogens (tertiary/aromatic N) is 1. The van der Waals surface area contributed by atoms with Crippen LogP contribution in [0.5, 0.6) is 5.75 Å². The van der Waals surface area contributed by atoms with Crippen molar-refractivity contribution in [1.82, 2.24) is 10.3 Å². The largest absolute Gasteiger partial charge is 0.494 e. The molecule has 0 saturated heterocycles. The highest BCUT2D eigenvalue weighted by Gasteiger charge is 2.30. The summed E-state index contributed by atoms with van der Waals surface area (Å²) in [6.45, 7) is 2.44. The Morgan fingerprint density at radius 3 is 2.63 bits per heavy atom. The Bertz CT molecular complexity index is 1080. The van der Waals surface area contributed by atoms with Crippen molar-refractivity contribution in [2.45, 2.75) is 16.4 Å². The molecule has 0 saturated carbocycles. The number of carbonyl (C=O) groups excluding carboxylic acids is 1. The van der Waals surface area contributed by atoms with Crippen molar-refractivity contribution in [2.24, 2.45) is 0 Å². The molecule has 8 heteroatoms. The SMILES string of the molecule is CCOc1ccc(/C=C/C(=O)NCC(c2cccnc2)S(=O)(=O)c2cccs2)cc1. The molecule has 1 unspecified atom stereocenters. The van der Waals surface area contributed by atoms with Gasteiger partial charge in [-0.15, -0.1) is 11.3 Å². The summed E-state index contributed by atoms with van der Waals surface area (Å²) in [5, 5.41) is 3.49. The zero-order chi connectivity index (χ0) is 21.4. The summed E-state index contributed by atoms with van der Waals surface area (Å²) in [6.07, 6.45) is 6.14. The molecule has 0 aliphatic rings. The third kappa shape index (κ3) is 5.55. The first-order chi connectivity index (χ1) is 14.5. The van der Waals surface area contributed by atoms with Gasteiger partial charge in [-0.25, -0.2) is 8.42 Å². The first kappa shape index (κ1) is 21.7. The molecule has 0 radical (unpaired) electrons. The van der Waals surface area contributed by atoms with E-state index < -0.39 is 15.1 Å². The van der Waals surface area contributed by atoms with E-state index in [1.807, 2.05) is 31.2 Å². The number of carbonyl (C=O) groups is 1. The van der Waals surface area contributed by atoms with Crippen LogP contribution < -0.4 is 10.1 Å². The molecule has 0 bridgehead atoms. The number of nitrogens with one attached hydrogen (secondary N) is 1. The minimum absolute atomic E-state index is 0.0572. The fourth-order valence-electron chi connectivity index (χ4n) is 2.80. The van der Waals surface area contributed by atoms with E-state index in [-0.39, 0.29) is 16.7 Å². The molecule has 156 valence electrons. The summed E-state index contributed by atoms with van der Waals surface area (Å²) < 4.78 is 31.8. The molecule has 30 heavy (non-hydrogen) atoms. The Morgan fingerprint density at radius 1 is 1.20 bits per heavy atom. The quantitative estimate of drug-likeness (QED) is 0.508. The van der Waals surface area contributed by atoms with Crippen molar-refractivity contribution in [3.63, 3.8) is 0 Å². The minimum atomic E-state index is -3.66. The maximum atomic E-state index is 13.1. The predicted octanol–water partition coefficient (Wildman–Crippen LogP) is 3.89. The van der Waals surface area contributed by atoms with E-state index in [9.17, 15) is 13.2 Å². The third-order valence-electron chi connectivity index (χ3n) is 4.29. The number of amides is 1. The molecule has 0 spiro atoms. The van der Waals surface area contributed by atoms with Gasteiger partial charge in [-0.05, 0) is 53.8 Å². The maximum absolute atomic E-state index is 13.1. The fraction of sp³-hybridized carbons (Fsp3) is 0.182. The van der Waals surface area contributed by atoms with Gasteiger partial charge < -0.3 is 10.1 Å². The molecule has 3 rings (SSSR count). The van der Waals surface area contributed by atoms with E-state index in [1.165, 1.54) is 12.3 Å². The summed E-state index contributed by atoms with van der Waals surface area (Å²) in [6, 6.07) is 14.0. The molecule has 1 N–H and O–H groups in total. The smallest absolute Gasteiger partial charge is 0.244 e. The van der Waals surface area contributed by atoms with Crippen molar-refractivity contribution < 1.29 is 17.9 Å². The number of ether oxygens (including phenoxy) is 1. The lowest BCUT2D eigenvalue weighted by molar-refractivity contribution is -0.116. The van der Waals surface area contributed by atoms with E-state index in [4.69, 9.17) is 4.74 Å². The van der Waals surface area contributed by atoms with Gasteiger partial charge in [0.05, 0.1) is 6.61 Å². The second-order valence-corrected chi connectivity index (χ2v) is 9.64. The number of aromatic nitrogens is 1. The number of thiophene rings is 1. The van der Waals surface area contributed by atoms with Crippen LogP contribution >= 0.6 is 11.3 Å². The van der Waals surface area contributed by atoms with Gasteiger partial charge in [-0.3, -0.25) is 9.78 Å². The number of hydrogen-bond acceptors (Lipinski definition) is 6. The van der Waals surface area contributed by atoms with Crippen LogP contribution in [0.1, 0.15) is 23.3 Å². The van der Waals surface area contributed by atoms with E-state index in [0.717, 1.165) is 22.6 Å². The van der Waals surface area contributed by atoms with Crippen LogP contribution in [0.2, 0.25) is 0 Å². The van der Waals surface area contributed by atoms with Crippen LogP contribution in [0.3, 0.4) is 0 Å². The van der Waals surface area contributed by atoms with Crippen LogP contribution in [0, 0.1) is 0 Å². The van der Waals surface area contributed by atoms with Gasteiger partial charge in [0.25, 0.3) is 0 Å². The van der Waals surface area contributed by atoms with Gasteiger partial charge in [0.15, 0.2) is 9.84 Å². The Kier molecular flexibility index (Phi) is 7.37. The summed E-state index contributed by atoms with van der Waals surface area (Å²) in [4.78, 5) is 16.3. The van der Waals surface area contributed by atoms with Crippen molar-refractivity contribution in [2.75, 3.05) is 13.2 Å². The van der Waals surface area contributed by atoms with Gasteiger partial charge in [0.2, 0.25) is 5.91 Å². The highest BCUT2D eigenvalue weighted by atomic mass is 32.2. The van der Waals surface area contributed by atoms with Gasteiger partial charge in [0, 0.05) is 25.0 Å². The average Bonchev–Trinajstić information content (AvgIpc) is 3.30. The lowest BCUT2D eigenvalue weighted by Crippen LogP contribution is -2.30. The number of rotatable bonds is 9. The molecule has 0 aliphatic carbocycles. The first-order valence-electron chi connectivity index (χ1n) is 9.37. The second-order valence-electron chi connectivity index (χ2n) is 6.33. The topological polar surface area (TPSA) is 85.4 Å². The number of sulfone groups is 1. The second kappa shape index (κ2) is 10.2.